The molecule has 23 heavy (non-hydrogen) atoms. The molecule has 2 aromatic carbocycles. The third kappa shape index (κ3) is 3.06. The summed E-state index contributed by atoms with van der Waals surface area (Å²) < 4.78 is 1.25. The summed E-state index contributed by atoms with van der Waals surface area (Å²) in [6.07, 6.45) is 2.42. The molecule has 2 nitrogen and oxygen atoms in total. The zero-order valence-electron chi connectivity index (χ0n) is 14.1. The predicted molar refractivity (Wildman–Crippen MR) is 95.4 cm³/mol. The van der Waals surface area contributed by atoms with Gasteiger partial charge < -0.3 is 4.48 Å². The molecule has 0 amide bonds. The fourth-order valence-corrected chi connectivity index (χ4v) is 4.52. The van der Waals surface area contributed by atoms with E-state index >= 15 is 0 Å². The SMILES string of the molecule is C[N@+]12CCN(C[C@@H]1Cc1ccccc1)[C@@H](Cc1ccccc1)C2. The second-order valence-electron chi connectivity index (χ2n) is 7.57. The van der Waals surface area contributed by atoms with Crippen molar-refractivity contribution in [3.8, 4) is 0 Å². The molecule has 120 valence electrons. The lowest BCUT2D eigenvalue weighted by Gasteiger charge is -2.57. The van der Waals surface area contributed by atoms with Gasteiger partial charge in [-0.05, 0) is 17.5 Å². The van der Waals surface area contributed by atoms with Gasteiger partial charge in [-0.3, -0.25) is 4.90 Å². The van der Waals surface area contributed by atoms with Crippen LogP contribution in [0, 0.1) is 0 Å². The van der Waals surface area contributed by atoms with E-state index in [0.717, 1.165) is 6.04 Å². The van der Waals surface area contributed by atoms with Crippen LogP contribution in [-0.2, 0) is 12.8 Å². The number of hydrogen-bond donors (Lipinski definition) is 0. The van der Waals surface area contributed by atoms with Crippen molar-refractivity contribution < 1.29 is 4.48 Å². The number of hydrogen-bond acceptors (Lipinski definition) is 1. The van der Waals surface area contributed by atoms with Crippen LogP contribution in [0.4, 0.5) is 0 Å². The van der Waals surface area contributed by atoms with Gasteiger partial charge in [-0.2, -0.15) is 0 Å². The molecule has 3 heterocycles. The molecule has 2 aromatic rings. The summed E-state index contributed by atoms with van der Waals surface area (Å²) in [5.41, 5.74) is 2.97. The van der Waals surface area contributed by atoms with E-state index in [4.69, 9.17) is 0 Å². The highest BCUT2D eigenvalue weighted by molar-refractivity contribution is 5.18. The minimum atomic E-state index is 0.711. The fourth-order valence-electron chi connectivity index (χ4n) is 4.52. The summed E-state index contributed by atoms with van der Waals surface area (Å²) >= 11 is 0. The molecule has 0 saturated carbocycles. The maximum absolute atomic E-state index is 2.75. The van der Waals surface area contributed by atoms with Crippen LogP contribution in [0.15, 0.2) is 60.7 Å². The Kier molecular flexibility index (Phi) is 3.96. The average molecular weight is 307 g/mol. The van der Waals surface area contributed by atoms with Crippen molar-refractivity contribution in [2.45, 2.75) is 24.9 Å². The first-order valence-corrected chi connectivity index (χ1v) is 8.89. The Bertz CT molecular complexity index is 639. The monoisotopic (exact) mass is 307 g/mol. The first-order valence-electron chi connectivity index (χ1n) is 8.89. The summed E-state index contributed by atoms with van der Waals surface area (Å²) in [5.74, 6) is 0. The first-order chi connectivity index (χ1) is 11.2. The third-order valence-electron chi connectivity index (χ3n) is 6.00. The van der Waals surface area contributed by atoms with E-state index in [1.54, 1.807) is 0 Å². The second-order valence-corrected chi connectivity index (χ2v) is 7.57. The minimum absolute atomic E-state index is 0.711. The average Bonchev–Trinajstić information content (AvgIpc) is 2.58. The number of fused-ring (bicyclic) bond motifs is 3. The first kappa shape index (κ1) is 14.9. The van der Waals surface area contributed by atoms with Crippen molar-refractivity contribution in [1.82, 2.24) is 4.90 Å². The smallest absolute Gasteiger partial charge is 0.106 e. The Morgan fingerprint density at radius 2 is 1.52 bits per heavy atom. The zero-order chi connectivity index (χ0) is 15.7. The van der Waals surface area contributed by atoms with Crippen molar-refractivity contribution >= 4 is 0 Å². The van der Waals surface area contributed by atoms with Crippen LogP contribution in [0.2, 0.25) is 0 Å². The van der Waals surface area contributed by atoms with Gasteiger partial charge in [-0.25, -0.2) is 0 Å². The predicted octanol–water partition coefficient (Wildman–Crippen LogP) is 2.98. The molecule has 3 saturated heterocycles. The highest BCUT2D eigenvalue weighted by Crippen LogP contribution is 2.30. The van der Waals surface area contributed by atoms with Gasteiger partial charge in [0.2, 0.25) is 0 Å². The van der Waals surface area contributed by atoms with Crippen LogP contribution >= 0.6 is 0 Å². The summed E-state index contributed by atoms with van der Waals surface area (Å²) in [6, 6.07) is 23.5. The number of likely N-dealkylation sites (N-methyl/N-ethyl adjacent to an activating group) is 1. The van der Waals surface area contributed by atoms with Gasteiger partial charge in [-0.1, -0.05) is 60.7 Å². The second kappa shape index (κ2) is 6.10. The van der Waals surface area contributed by atoms with E-state index < -0.39 is 0 Å². The van der Waals surface area contributed by atoms with E-state index in [1.807, 2.05) is 0 Å². The van der Waals surface area contributed by atoms with Crippen LogP contribution in [0.3, 0.4) is 0 Å². The molecule has 5 rings (SSSR count). The number of nitrogens with zero attached hydrogens (tertiary/aromatic N) is 2. The number of rotatable bonds is 4. The quantitative estimate of drug-likeness (QED) is 0.785. The largest absolute Gasteiger partial charge is 0.320 e. The Labute approximate surface area is 139 Å². The highest BCUT2D eigenvalue weighted by Gasteiger charge is 2.47. The van der Waals surface area contributed by atoms with E-state index in [-0.39, 0.29) is 0 Å². The van der Waals surface area contributed by atoms with Crippen molar-refractivity contribution in [2.24, 2.45) is 0 Å². The molecule has 0 N–H and O–H groups in total. The zero-order valence-corrected chi connectivity index (χ0v) is 14.1. The lowest BCUT2D eigenvalue weighted by molar-refractivity contribution is -0.950. The summed E-state index contributed by atoms with van der Waals surface area (Å²) in [5, 5.41) is 0. The molecule has 2 heteroatoms. The van der Waals surface area contributed by atoms with Crippen LogP contribution in [-0.4, -0.2) is 54.7 Å². The molecule has 3 fully saturated rings. The molecule has 0 aliphatic carbocycles. The Morgan fingerprint density at radius 3 is 2.13 bits per heavy atom. The molecule has 1 unspecified atom stereocenters. The maximum atomic E-state index is 2.75. The summed E-state index contributed by atoms with van der Waals surface area (Å²) in [6.45, 7) is 5.12. The molecule has 0 radical (unpaired) electrons. The lowest BCUT2D eigenvalue weighted by Crippen LogP contribution is -2.74. The van der Waals surface area contributed by atoms with Gasteiger partial charge in [-0.15, -0.1) is 0 Å². The summed E-state index contributed by atoms with van der Waals surface area (Å²) in [7, 11) is 2.49. The molecule has 4 atom stereocenters. The Balaban J connectivity index is 1.47. The van der Waals surface area contributed by atoms with Crippen LogP contribution < -0.4 is 0 Å². The molecular formula is C21H27N2+. The molecule has 3 aliphatic rings. The summed E-state index contributed by atoms with van der Waals surface area (Å²) in [4.78, 5) is 2.75. The van der Waals surface area contributed by atoms with Gasteiger partial charge in [0.1, 0.15) is 6.04 Å². The normalized spacial score (nSPS) is 32.8. The maximum Gasteiger partial charge on any atom is 0.106 e. The number of quaternary nitrogens is 1. The van der Waals surface area contributed by atoms with E-state index in [9.17, 15) is 0 Å². The van der Waals surface area contributed by atoms with Crippen LogP contribution in [0.5, 0.6) is 0 Å². The topological polar surface area (TPSA) is 3.24 Å². The molecule has 2 bridgehead atoms. The van der Waals surface area contributed by atoms with Gasteiger partial charge in [0.05, 0.1) is 32.7 Å². The highest BCUT2D eigenvalue weighted by atomic mass is 15.5. The van der Waals surface area contributed by atoms with Crippen LogP contribution in [0.25, 0.3) is 0 Å². The van der Waals surface area contributed by atoms with E-state index in [2.05, 4.69) is 72.6 Å². The third-order valence-corrected chi connectivity index (χ3v) is 6.00. The molecule has 0 spiro atoms. The molecule has 3 aliphatic heterocycles. The lowest BCUT2D eigenvalue weighted by atomic mass is 9.91. The minimum Gasteiger partial charge on any atom is -0.320 e. The Hall–Kier alpha value is -1.64. The van der Waals surface area contributed by atoms with Gasteiger partial charge in [0.25, 0.3) is 0 Å². The standard InChI is InChI=1S/C21H27N2/c1-23-13-12-22(16-21(23)15-19-10-6-3-7-11-19)20(17-23)14-18-8-4-2-5-9-18/h2-11,20-21H,12-17H2,1H3/q+1/t20-,21-,23+/m0/s1. The van der Waals surface area contributed by atoms with Crippen molar-refractivity contribution in [3.63, 3.8) is 0 Å². The van der Waals surface area contributed by atoms with Crippen molar-refractivity contribution in [2.75, 3.05) is 33.2 Å². The number of piperazine rings is 3. The van der Waals surface area contributed by atoms with Gasteiger partial charge >= 0.3 is 0 Å². The fraction of sp³-hybridized carbons (Fsp3) is 0.429. The van der Waals surface area contributed by atoms with Gasteiger partial charge in [0.15, 0.2) is 0 Å². The Morgan fingerprint density at radius 1 is 0.913 bits per heavy atom. The molecule has 0 aromatic heterocycles. The van der Waals surface area contributed by atoms with Crippen molar-refractivity contribution in [1.29, 1.82) is 0 Å². The van der Waals surface area contributed by atoms with Crippen molar-refractivity contribution in [3.05, 3.63) is 71.8 Å². The van der Waals surface area contributed by atoms with E-state index in [1.165, 1.54) is 54.6 Å². The van der Waals surface area contributed by atoms with E-state index in [0.29, 0.717) is 6.04 Å². The van der Waals surface area contributed by atoms with Crippen LogP contribution in [0.1, 0.15) is 11.1 Å². The number of benzene rings is 2. The van der Waals surface area contributed by atoms with Gasteiger partial charge in [0, 0.05) is 13.0 Å². The molecular weight excluding hydrogens is 280 g/mol.